The van der Waals surface area contributed by atoms with Crippen LogP contribution in [0, 0.1) is 16.7 Å². The van der Waals surface area contributed by atoms with E-state index in [2.05, 4.69) is 41.4 Å². The predicted octanol–water partition coefficient (Wildman–Crippen LogP) is 2.74. The van der Waals surface area contributed by atoms with Crippen LogP contribution < -0.4 is 15.8 Å². The molecule has 31 heavy (non-hydrogen) atoms. The summed E-state index contributed by atoms with van der Waals surface area (Å²) in [4.78, 5) is 21.4. The molecular formula is C22H29N5O3S. The number of sulfonamides is 1. The summed E-state index contributed by atoms with van der Waals surface area (Å²) in [6, 6.07) is 7.91. The number of carbonyl (C=O) groups is 1. The molecule has 1 heterocycles. The van der Waals surface area contributed by atoms with Crippen LogP contribution >= 0.6 is 0 Å². The van der Waals surface area contributed by atoms with Crippen LogP contribution in [0.3, 0.4) is 0 Å². The Morgan fingerprint density at radius 1 is 1.19 bits per heavy atom. The van der Waals surface area contributed by atoms with Crippen molar-refractivity contribution >= 4 is 27.6 Å². The Balaban J connectivity index is 1.39. The summed E-state index contributed by atoms with van der Waals surface area (Å²) < 4.78 is 22.7. The Labute approximate surface area is 183 Å². The van der Waals surface area contributed by atoms with Gasteiger partial charge in [-0.3, -0.25) is 4.79 Å². The average Bonchev–Trinajstić information content (AvgIpc) is 3.01. The quantitative estimate of drug-likeness (QED) is 0.630. The number of anilines is 2. The molecule has 1 amide bonds. The molecule has 166 valence electrons. The van der Waals surface area contributed by atoms with E-state index < -0.39 is 10.0 Å². The van der Waals surface area contributed by atoms with Gasteiger partial charge in [0.05, 0.1) is 17.0 Å². The van der Waals surface area contributed by atoms with Crippen LogP contribution in [0.2, 0.25) is 0 Å². The smallest absolute Gasteiger partial charge is 0.238 e. The summed E-state index contributed by atoms with van der Waals surface area (Å²) in [5.41, 5.74) is 1.61. The van der Waals surface area contributed by atoms with E-state index in [0.717, 1.165) is 12.8 Å². The molecule has 3 unspecified atom stereocenters. The molecule has 2 saturated carbocycles. The largest absolute Gasteiger partial charge is 0.352 e. The normalized spacial score (nSPS) is 26.6. The van der Waals surface area contributed by atoms with Crippen molar-refractivity contribution in [2.24, 2.45) is 21.9 Å². The highest BCUT2D eigenvalue weighted by Gasteiger charge is 2.61. The third-order valence-corrected chi connectivity index (χ3v) is 8.55. The van der Waals surface area contributed by atoms with Crippen molar-refractivity contribution in [1.82, 2.24) is 15.3 Å². The number of fused-ring (bicyclic) bond motifs is 2. The summed E-state index contributed by atoms with van der Waals surface area (Å²) in [6.07, 6.45) is 5.22. The van der Waals surface area contributed by atoms with Gasteiger partial charge in [-0.05, 0) is 66.3 Å². The van der Waals surface area contributed by atoms with Crippen molar-refractivity contribution in [2.45, 2.75) is 57.4 Å². The van der Waals surface area contributed by atoms with Gasteiger partial charge in [-0.25, -0.2) is 23.5 Å². The number of hydrogen-bond acceptors (Lipinski definition) is 6. The van der Waals surface area contributed by atoms with Crippen molar-refractivity contribution in [1.29, 1.82) is 0 Å². The Bertz CT molecular complexity index is 1100. The number of amides is 1. The van der Waals surface area contributed by atoms with Crippen LogP contribution in [-0.4, -0.2) is 30.3 Å². The van der Waals surface area contributed by atoms with Gasteiger partial charge in [0.1, 0.15) is 0 Å². The maximum absolute atomic E-state index is 12.7. The lowest BCUT2D eigenvalue weighted by atomic mass is 9.69. The summed E-state index contributed by atoms with van der Waals surface area (Å²) in [6.45, 7) is 6.96. The molecule has 2 aliphatic carbocycles. The second-order valence-corrected chi connectivity index (χ2v) is 11.0. The first-order chi connectivity index (χ1) is 14.5. The molecule has 2 bridgehead atoms. The molecule has 0 spiro atoms. The summed E-state index contributed by atoms with van der Waals surface area (Å²) in [5.74, 6) is 0.969. The number of rotatable bonds is 6. The highest BCUT2D eigenvalue weighted by Crippen LogP contribution is 2.65. The third kappa shape index (κ3) is 4.04. The van der Waals surface area contributed by atoms with E-state index in [9.17, 15) is 13.2 Å². The molecule has 1 aromatic carbocycles. The van der Waals surface area contributed by atoms with E-state index in [1.165, 1.54) is 18.6 Å². The van der Waals surface area contributed by atoms with E-state index in [1.54, 1.807) is 24.4 Å². The topological polar surface area (TPSA) is 127 Å². The average molecular weight is 444 g/mol. The fourth-order valence-electron chi connectivity index (χ4n) is 5.24. The lowest BCUT2D eigenvalue weighted by molar-refractivity contribution is -0.122. The minimum Gasteiger partial charge on any atom is -0.352 e. The fraction of sp³-hybridized carbons (Fsp3) is 0.500. The standard InChI is InChI=1S/C22H29N5O3S/c1-21(2)14-8-10-22(21,3)18(12-14)27-19(28)13-16-9-11-24-20(26-16)25-15-4-6-17(7-5-15)31(23,29)30/h4-7,9,11,14,18H,8,10,12-13H2,1-3H3,(H,27,28)(H2,23,29,30)(H,24,25,26). The molecule has 0 aliphatic heterocycles. The van der Waals surface area contributed by atoms with E-state index >= 15 is 0 Å². The first-order valence-electron chi connectivity index (χ1n) is 10.5. The zero-order valence-corrected chi connectivity index (χ0v) is 18.9. The van der Waals surface area contributed by atoms with Crippen molar-refractivity contribution in [3.8, 4) is 0 Å². The van der Waals surface area contributed by atoms with E-state index in [4.69, 9.17) is 5.14 Å². The second kappa shape index (κ2) is 7.56. The SMILES string of the molecule is CC1(C)C2CCC1(C)C(NC(=O)Cc1ccnc(Nc3ccc(S(N)(=O)=O)cc3)n1)C2. The van der Waals surface area contributed by atoms with Gasteiger partial charge in [-0.2, -0.15) is 0 Å². The first kappa shape index (κ1) is 21.7. The van der Waals surface area contributed by atoms with Crippen molar-refractivity contribution in [3.63, 3.8) is 0 Å². The number of nitrogens with zero attached hydrogens (tertiary/aromatic N) is 2. The zero-order valence-electron chi connectivity index (χ0n) is 18.1. The summed E-state index contributed by atoms with van der Waals surface area (Å²) in [5, 5.41) is 11.4. The molecule has 1 aromatic heterocycles. The monoisotopic (exact) mass is 443 g/mol. The molecule has 0 radical (unpaired) electrons. The second-order valence-electron chi connectivity index (χ2n) is 9.47. The summed E-state index contributed by atoms with van der Waals surface area (Å²) in [7, 11) is -3.74. The molecule has 2 aromatic rings. The lowest BCUT2D eigenvalue weighted by Crippen LogP contribution is -2.47. The number of nitrogens with two attached hydrogens (primary N) is 1. The van der Waals surface area contributed by atoms with Crippen molar-refractivity contribution in [3.05, 3.63) is 42.2 Å². The van der Waals surface area contributed by atoms with Crippen molar-refractivity contribution in [2.75, 3.05) is 5.32 Å². The molecule has 0 saturated heterocycles. The Morgan fingerprint density at radius 2 is 1.90 bits per heavy atom. The number of primary sulfonamides is 1. The van der Waals surface area contributed by atoms with Crippen LogP contribution in [0.4, 0.5) is 11.6 Å². The van der Waals surface area contributed by atoms with Crippen LogP contribution in [0.5, 0.6) is 0 Å². The number of hydrogen-bond donors (Lipinski definition) is 3. The molecule has 8 nitrogen and oxygen atoms in total. The van der Waals surface area contributed by atoms with Gasteiger partial charge in [0.25, 0.3) is 0 Å². The highest BCUT2D eigenvalue weighted by atomic mass is 32.2. The molecule has 2 aliphatic rings. The van der Waals surface area contributed by atoms with E-state index in [0.29, 0.717) is 23.2 Å². The fourth-order valence-corrected chi connectivity index (χ4v) is 5.76. The van der Waals surface area contributed by atoms with Gasteiger partial charge in [0.2, 0.25) is 21.9 Å². The molecule has 3 atom stereocenters. The van der Waals surface area contributed by atoms with Gasteiger partial charge < -0.3 is 10.6 Å². The number of aromatic nitrogens is 2. The lowest BCUT2D eigenvalue weighted by Gasteiger charge is -2.39. The third-order valence-electron chi connectivity index (χ3n) is 7.62. The maximum atomic E-state index is 12.7. The molecule has 4 N–H and O–H groups in total. The van der Waals surface area contributed by atoms with Crippen LogP contribution in [0.1, 0.15) is 45.7 Å². The van der Waals surface area contributed by atoms with Crippen LogP contribution in [-0.2, 0) is 21.2 Å². The Morgan fingerprint density at radius 3 is 2.48 bits per heavy atom. The van der Waals surface area contributed by atoms with E-state index in [-0.39, 0.29) is 34.1 Å². The zero-order chi connectivity index (χ0) is 22.4. The highest BCUT2D eigenvalue weighted by molar-refractivity contribution is 7.89. The minimum absolute atomic E-state index is 0.0295. The minimum atomic E-state index is -3.74. The Hall–Kier alpha value is -2.52. The van der Waals surface area contributed by atoms with Gasteiger partial charge in [-0.1, -0.05) is 20.8 Å². The molecule has 4 rings (SSSR count). The number of carbonyl (C=O) groups excluding carboxylic acids is 1. The van der Waals surface area contributed by atoms with Crippen LogP contribution in [0.15, 0.2) is 41.4 Å². The molecular weight excluding hydrogens is 414 g/mol. The Kier molecular flexibility index (Phi) is 5.29. The first-order valence-corrected chi connectivity index (χ1v) is 12.0. The molecule has 9 heteroatoms. The van der Waals surface area contributed by atoms with Gasteiger partial charge in [-0.15, -0.1) is 0 Å². The molecule has 2 fully saturated rings. The van der Waals surface area contributed by atoms with Gasteiger partial charge >= 0.3 is 0 Å². The van der Waals surface area contributed by atoms with E-state index in [1.807, 2.05) is 0 Å². The van der Waals surface area contributed by atoms with Gasteiger partial charge in [0.15, 0.2) is 0 Å². The predicted molar refractivity (Wildman–Crippen MR) is 118 cm³/mol. The summed E-state index contributed by atoms with van der Waals surface area (Å²) >= 11 is 0. The van der Waals surface area contributed by atoms with Gasteiger partial charge in [0, 0.05) is 17.9 Å². The number of nitrogens with one attached hydrogen (secondary N) is 2. The van der Waals surface area contributed by atoms with Crippen molar-refractivity contribution < 1.29 is 13.2 Å². The number of benzene rings is 1. The maximum Gasteiger partial charge on any atom is 0.238 e. The van der Waals surface area contributed by atoms with Crippen LogP contribution in [0.25, 0.3) is 0 Å².